The van der Waals surface area contributed by atoms with E-state index in [4.69, 9.17) is 5.73 Å². The maximum absolute atomic E-state index is 13.9. The van der Waals surface area contributed by atoms with Crippen LogP contribution < -0.4 is 16.4 Å². The van der Waals surface area contributed by atoms with E-state index in [-0.39, 0.29) is 18.4 Å². The van der Waals surface area contributed by atoms with Crippen molar-refractivity contribution in [1.29, 1.82) is 0 Å². The Bertz CT molecular complexity index is 884. The molecule has 0 aliphatic carbocycles. The summed E-state index contributed by atoms with van der Waals surface area (Å²) in [5.74, 6) is -2.24. The minimum absolute atomic E-state index is 0.0522. The Morgan fingerprint density at radius 3 is 2.28 bits per heavy atom. The molecule has 7 heteroatoms. The maximum Gasteiger partial charge on any atom is 0.243 e. The topological polar surface area (TPSA) is 101 Å². The van der Waals surface area contributed by atoms with Crippen molar-refractivity contribution in [3.63, 3.8) is 0 Å². The molecule has 3 amide bonds. The number of rotatable bonds is 9. The normalized spacial score (nSPS) is 12.9. The van der Waals surface area contributed by atoms with Crippen LogP contribution >= 0.6 is 0 Å². The van der Waals surface area contributed by atoms with Crippen molar-refractivity contribution < 1.29 is 18.8 Å². The van der Waals surface area contributed by atoms with Crippen molar-refractivity contribution in [2.24, 2.45) is 5.73 Å². The summed E-state index contributed by atoms with van der Waals surface area (Å²) in [7, 11) is 0. The largest absolute Gasteiger partial charge is 0.368 e. The Morgan fingerprint density at radius 1 is 1.00 bits per heavy atom. The third kappa shape index (κ3) is 7.21. The molecule has 0 aliphatic rings. The van der Waals surface area contributed by atoms with E-state index in [1.165, 1.54) is 25.1 Å². The van der Waals surface area contributed by atoms with Gasteiger partial charge in [0.1, 0.15) is 17.9 Å². The zero-order chi connectivity index (χ0) is 21.2. The molecule has 0 aromatic heterocycles. The first-order valence-electron chi connectivity index (χ1n) is 9.18. The fraction of sp³-hybridized carbons (Fsp3) is 0.227. The van der Waals surface area contributed by atoms with Crippen molar-refractivity contribution in [2.45, 2.75) is 31.8 Å². The summed E-state index contributed by atoms with van der Waals surface area (Å²) >= 11 is 0. The number of nitrogens with two attached hydrogens (primary N) is 1. The highest BCUT2D eigenvalue weighted by molar-refractivity contribution is 5.91. The van der Waals surface area contributed by atoms with Gasteiger partial charge in [-0.1, -0.05) is 60.7 Å². The third-order valence-corrected chi connectivity index (χ3v) is 4.22. The van der Waals surface area contributed by atoms with Gasteiger partial charge in [0.2, 0.25) is 17.7 Å². The van der Waals surface area contributed by atoms with E-state index >= 15 is 0 Å². The molecule has 0 heterocycles. The molecule has 152 valence electrons. The summed E-state index contributed by atoms with van der Waals surface area (Å²) in [5.41, 5.74) is 6.63. The summed E-state index contributed by atoms with van der Waals surface area (Å²) in [6.07, 6.45) is 3.67. The molecule has 0 saturated carbocycles. The van der Waals surface area contributed by atoms with E-state index in [1.54, 1.807) is 12.1 Å². The Hall–Kier alpha value is -3.48. The molecule has 4 N–H and O–H groups in total. The molecular formula is C22H24FN3O3. The molecule has 0 unspecified atom stereocenters. The van der Waals surface area contributed by atoms with Crippen molar-refractivity contribution in [3.05, 3.63) is 77.6 Å². The van der Waals surface area contributed by atoms with Crippen molar-refractivity contribution in [1.82, 2.24) is 10.6 Å². The molecule has 0 aliphatic heterocycles. The van der Waals surface area contributed by atoms with Crippen LogP contribution in [0.2, 0.25) is 0 Å². The Morgan fingerprint density at radius 2 is 1.66 bits per heavy atom. The van der Waals surface area contributed by atoms with E-state index in [2.05, 4.69) is 10.6 Å². The summed E-state index contributed by atoms with van der Waals surface area (Å²) in [6.45, 7) is 1.26. The number of halogens is 1. The van der Waals surface area contributed by atoms with Crippen LogP contribution in [-0.4, -0.2) is 29.8 Å². The number of benzene rings is 2. The Labute approximate surface area is 169 Å². The minimum Gasteiger partial charge on any atom is -0.368 e. The number of hydrogen-bond acceptors (Lipinski definition) is 3. The first-order valence-corrected chi connectivity index (χ1v) is 9.18. The molecule has 29 heavy (non-hydrogen) atoms. The van der Waals surface area contributed by atoms with Gasteiger partial charge in [-0.3, -0.25) is 14.4 Å². The molecule has 0 radical (unpaired) electrons. The van der Waals surface area contributed by atoms with E-state index in [0.29, 0.717) is 0 Å². The summed E-state index contributed by atoms with van der Waals surface area (Å²) in [4.78, 5) is 35.9. The average molecular weight is 397 g/mol. The van der Waals surface area contributed by atoms with Crippen LogP contribution in [0, 0.1) is 5.82 Å². The van der Waals surface area contributed by atoms with Crippen LogP contribution in [-0.2, 0) is 20.8 Å². The molecule has 0 spiro atoms. The van der Waals surface area contributed by atoms with Crippen molar-refractivity contribution >= 4 is 23.8 Å². The summed E-state index contributed by atoms with van der Waals surface area (Å²) in [5, 5.41) is 5.04. The van der Waals surface area contributed by atoms with E-state index < -0.39 is 35.6 Å². The minimum atomic E-state index is -1.04. The van der Waals surface area contributed by atoms with Crippen LogP contribution in [0.25, 0.3) is 6.08 Å². The molecule has 0 fully saturated rings. The van der Waals surface area contributed by atoms with Gasteiger partial charge in [0.15, 0.2) is 0 Å². The van der Waals surface area contributed by atoms with Crippen LogP contribution in [0.3, 0.4) is 0 Å². The highest BCUT2D eigenvalue weighted by atomic mass is 19.1. The lowest BCUT2D eigenvalue weighted by Gasteiger charge is -2.21. The number of amides is 3. The highest BCUT2D eigenvalue weighted by Crippen LogP contribution is 2.10. The summed E-state index contributed by atoms with van der Waals surface area (Å²) < 4.78 is 13.9. The molecule has 2 atom stereocenters. The van der Waals surface area contributed by atoms with Gasteiger partial charge in [0.05, 0.1) is 0 Å². The average Bonchev–Trinajstić information content (AvgIpc) is 2.68. The zero-order valence-corrected chi connectivity index (χ0v) is 16.1. The lowest BCUT2D eigenvalue weighted by atomic mass is 10.0. The molecule has 0 saturated heterocycles. The maximum atomic E-state index is 13.9. The molecule has 2 aromatic carbocycles. The SMILES string of the molecule is CC(=O)N[C@H](Cc1ccccc1F)C(=O)N[C@H](C/C=C/c1ccccc1)C(N)=O. The number of nitrogens with one attached hydrogen (secondary N) is 2. The number of carbonyl (C=O) groups excluding carboxylic acids is 3. The van der Waals surface area contributed by atoms with Gasteiger partial charge in [-0.25, -0.2) is 4.39 Å². The van der Waals surface area contributed by atoms with Crippen molar-refractivity contribution in [2.75, 3.05) is 0 Å². The van der Waals surface area contributed by atoms with Crippen LogP contribution in [0.1, 0.15) is 24.5 Å². The monoisotopic (exact) mass is 397 g/mol. The first-order chi connectivity index (χ1) is 13.9. The lowest BCUT2D eigenvalue weighted by Crippen LogP contribution is -2.53. The standard InChI is InChI=1S/C22H24FN3O3/c1-15(27)25-20(14-17-11-5-6-12-18(17)23)22(29)26-19(21(24)28)13-7-10-16-8-3-2-4-9-16/h2-12,19-20H,13-14H2,1H3,(H2,24,28)(H,25,27)(H,26,29)/b10-7+/t19-,20-/m1/s1. The van der Waals surface area contributed by atoms with Crippen LogP contribution in [0.15, 0.2) is 60.7 Å². The Kier molecular flexibility index (Phi) is 8.09. The Balaban J connectivity index is 2.07. The lowest BCUT2D eigenvalue weighted by molar-refractivity contribution is -0.130. The predicted molar refractivity (Wildman–Crippen MR) is 109 cm³/mol. The van der Waals surface area contributed by atoms with Gasteiger partial charge in [0.25, 0.3) is 0 Å². The van der Waals surface area contributed by atoms with E-state index in [9.17, 15) is 18.8 Å². The second-order valence-corrected chi connectivity index (χ2v) is 6.56. The molecule has 2 rings (SSSR count). The van der Waals surface area contributed by atoms with E-state index in [1.807, 2.05) is 36.4 Å². The second kappa shape index (κ2) is 10.8. The number of hydrogen-bond donors (Lipinski definition) is 3. The van der Waals surface area contributed by atoms with Crippen LogP contribution in [0.4, 0.5) is 4.39 Å². The van der Waals surface area contributed by atoms with E-state index in [0.717, 1.165) is 5.56 Å². The number of primary amides is 1. The first kappa shape index (κ1) is 21.8. The second-order valence-electron chi connectivity index (χ2n) is 6.56. The smallest absolute Gasteiger partial charge is 0.243 e. The quantitative estimate of drug-likeness (QED) is 0.603. The highest BCUT2D eigenvalue weighted by Gasteiger charge is 2.25. The van der Waals surface area contributed by atoms with Gasteiger partial charge in [0, 0.05) is 13.3 Å². The molecule has 6 nitrogen and oxygen atoms in total. The summed E-state index contributed by atoms with van der Waals surface area (Å²) in [6, 6.07) is 13.4. The number of carbonyl (C=O) groups is 3. The molecule has 0 bridgehead atoms. The molecular weight excluding hydrogens is 373 g/mol. The predicted octanol–water partition coefficient (Wildman–Crippen LogP) is 1.95. The van der Waals surface area contributed by atoms with Crippen LogP contribution in [0.5, 0.6) is 0 Å². The zero-order valence-electron chi connectivity index (χ0n) is 16.1. The van der Waals surface area contributed by atoms with Gasteiger partial charge >= 0.3 is 0 Å². The van der Waals surface area contributed by atoms with Gasteiger partial charge in [-0.05, 0) is 23.6 Å². The fourth-order valence-corrected chi connectivity index (χ4v) is 2.76. The molecule has 2 aromatic rings. The van der Waals surface area contributed by atoms with Gasteiger partial charge in [-0.15, -0.1) is 0 Å². The van der Waals surface area contributed by atoms with Gasteiger partial charge < -0.3 is 16.4 Å². The van der Waals surface area contributed by atoms with Crippen molar-refractivity contribution in [3.8, 4) is 0 Å². The van der Waals surface area contributed by atoms with Gasteiger partial charge in [-0.2, -0.15) is 0 Å². The third-order valence-electron chi connectivity index (χ3n) is 4.22. The fourth-order valence-electron chi connectivity index (χ4n) is 2.76.